The minimum atomic E-state index is 0.267. The molecule has 5 nitrogen and oxygen atoms in total. The van der Waals surface area contributed by atoms with Gasteiger partial charge in [0.15, 0.2) is 6.29 Å². The van der Waals surface area contributed by atoms with E-state index >= 15 is 0 Å². The molecule has 0 saturated carbocycles. The summed E-state index contributed by atoms with van der Waals surface area (Å²) in [6.07, 6.45) is 2.35. The minimum absolute atomic E-state index is 0.267. The van der Waals surface area contributed by atoms with Gasteiger partial charge in [0.2, 0.25) is 0 Å². The lowest BCUT2D eigenvalue weighted by molar-refractivity contribution is -0.128. The summed E-state index contributed by atoms with van der Waals surface area (Å²) in [5.74, 6) is 0. The van der Waals surface area contributed by atoms with Crippen LogP contribution >= 0.6 is 0 Å². The van der Waals surface area contributed by atoms with Crippen LogP contribution in [-0.4, -0.2) is 24.0 Å². The Morgan fingerprint density at radius 3 is 2.54 bits per heavy atom. The van der Waals surface area contributed by atoms with E-state index in [0.29, 0.717) is 5.56 Å². The number of carbonyl (C=O) groups excluding carboxylic acids is 2. The molecule has 4 aromatic rings. The van der Waals surface area contributed by atoms with E-state index in [4.69, 9.17) is 0 Å². The van der Waals surface area contributed by atoms with Crippen molar-refractivity contribution in [1.29, 1.82) is 0 Å². The van der Waals surface area contributed by atoms with Crippen molar-refractivity contribution in [2.45, 2.75) is 0 Å². The third kappa shape index (κ3) is 2.14. The first kappa shape index (κ1) is 14.1. The van der Waals surface area contributed by atoms with E-state index in [1.54, 1.807) is 0 Å². The molecule has 0 aliphatic heterocycles. The second kappa shape index (κ2) is 5.62. The lowest BCUT2D eigenvalue weighted by Gasteiger charge is -2.03. The summed E-state index contributed by atoms with van der Waals surface area (Å²) in [5.41, 5.74) is 3.41. The molecule has 0 aliphatic carbocycles. The first-order valence-electron chi connectivity index (χ1n) is 7.37. The molecule has 5 heteroatoms. The van der Waals surface area contributed by atoms with E-state index in [9.17, 15) is 9.59 Å². The SMILES string of the molecule is O=CO/N=C\c1ccc2[nH]c3c4ccccc4c(C=O)cc3c2c1. The highest BCUT2D eigenvalue weighted by molar-refractivity contribution is 6.20. The van der Waals surface area contributed by atoms with Crippen molar-refractivity contribution in [3.05, 3.63) is 59.7 Å². The van der Waals surface area contributed by atoms with Crippen LogP contribution in [0.3, 0.4) is 0 Å². The Labute approximate surface area is 136 Å². The van der Waals surface area contributed by atoms with Crippen LogP contribution < -0.4 is 0 Å². The van der Waals surface area contributed by atoms with Crippen LogP contribution in [0.5, 0.6) is 0 Å². The largest absolute Gasteiger partial charge is 0.354 e. The van der Waals surface area contributed by atoms with Crippen LogP contribution in [0.25, 0.3) is 32.6 Å². The number of nitrogens with one attached hydrogen (secondary N) is 1. The van der Waals surface area contributed by atoms with Crippen LogP contribution in [0.1, 0.15) is 15.9 Å². The van der Waals surface area contributed by atoms with Crippen LogP contribution in [0.15, 0.2) is 53.7 Å². The molecule has 1 heterocycles. The Kier molecular flexibility index (Phi) is 3.31. The van der Waals surface area contributed by atoms with Crippen molar-refractivity contribution in [2.75, 3.05) is 0 Å². The predicted molar refractivity (Wildman–Crippen MR) is 93.4 cm³/mol. The molecule has 4 rings (SSSR count). The van der Waals surface area contributed by atoms with Gasteiger partial charge in [-0.05, 0) is 29.1 Å². The maximum Gasteiger partial charge on any atom is 0.323 e. The molecular formula is C19H12N2O3. The van der Waals surface area contributed by atoms with Crippen molar-refractivity contribution in [3.63, 3.8) is 0 Å². The molecule has 0 spiro atoms. The Hall–Kier alpha value is -3.47. The fourth-order valence-corrected chi connectivity index (χ4v) is 3.07. The van der Waals surface area contributed by atoms with Crippen LogP contribution in [0.4, 0.5) is 0 Å². The van der Waals surface area contributed by atoms with Gasteiger partial charge in [-0.1, -0.05) is 35.5 Å². The molecule has 0 atom stereocenters. The first-order valence-corrected chi connectivity index (χ1v) is 7.37. The maximum atomic E-state index is 11.5. The van der Waals surface area contributed by atoms with E-state index in [0.717, 1.165) is 44.4 Å². The number of oxime groups is 1. The van der Waals surface area contributed by atoms with E-state index in [1.165, 1.54) is 6.21 Å². The van der Waals surface area contributed by atoms with Gasteiger partial charge in [0, 0.05) is 27.2 Å². The monoisotopic (exact) mass is 316 g/mol. The van der Waals surface area contributed by atoms with Gasteiger partial charge in [0.1, 0.15) is 0 Å². The number of aldehydes is 1. The Balaban J connectivity index is 2.04. The molecule has 0 aliphatic rings. The van der Waals surface area contributed by atoms with E-state index < -0.39 is 0 Å². The molecule has 0 amide bonds. The molecule has 1 aromatic heterocycles. The van der Waals surface area contributed by atoms with E-state index in [1.807, 2.05) is 48.5 Å². The topological polar surface area (TPSA) is 71.5 Å². The highest BCUT2D eigenvalue weighted by Crippen LogP contribution is 2.33. The standard InChI is InChI=1S/C19H12N2O3/c22-10-13-8-17-16-7-12(9-20-24-11-23)5-6-18(16)21-19(17)15-4-2-1-3-14(13)15/h1-11,21H/b20-9-. The van der Waals surface area contributed by atoms with Crippen LogP contribution in [-0.2, 0) is 9.63 Å². The van der Waals surface area contributed by atoms with Crippen molar-refractivity contribution >= 4 is 51.6 Å². The van der Waals surface area contributed by atoms with Crippen molar-refractivity contribution in [3.8, 4) is 0 Å². The molecule has 3 aromatic carbocycles. The highest BCUT2D eigenvalue weighted by Gasteiger charge is 2.11. The average molecular weight is 316 g/mol. The molecule has 24 heavy (non-hydrogen) atoms. The second-order valence-corrected chi connectivity index (χ2v) is 5.42. The Morgan fingerprint density at radius 2 is 1.75 bits per heavy atom. The Bertz CT molecular complexity index is 1130. The summed E-state index contributed by atoms with van der Waals surface area (Å²) >= 11 is 0. The summed E-state index contributed by atoms with van der Waals surface area (Å²) in [6.45, 7) is 0.267. The summed E-state index contributed by atoms with van der Waals surface area (Å²) in [4.78, 5) is 29.4. The summed E-state index contributed by atoms with van der Waals surface area (Å²) < 4.78 is 0. The van der Waals surface area contributed by atoms with E-state index in [2.05, 4.69) is 15.0 Å². The zero-order valence-electron chi connectivity index (χ0n) is 12.5. The van der Waals surface area contributed by atoms with Crippen molar-refractivity contribution in [2.24, 2.45) is 5.16 Å². The average Bonchev–Trinajstić information content (AvgIpc) is 2.99. The molecule has 1 N–H and O–H groups in total. The number of rotatable bonds is 4. The molecule has 0 fully saturated rings. The first-order chi connectivity index (χ1) is 11.8. The normalized spacial score (nSPS) is 11.5. The van der Waals surface area contributed by atoms with Gasteiger partial charge in [-0.25, -0.2) is 0 Å². The number of aromatic nitrogens is 1. The third-order valence-electron chi connectivity index (χ3n) is 4.10. The third-order valence-corrected chi connectivity index (χ3v) is 4.10. The van der Waals surface area contributed by atoms with Crippen LogP contribution in [0, 0.1) is 0 Å². The van der Waals surface area contributed by atoms with Gasteiger partial charge in [-0.3, -0.25) is 9.59 Å². The van der Waals surface area contributed by atoms with Crippen molar-refractivity contribution in [1.82, 2.24) is 4.98 Å². The van der Waals surface area contributed by atoms with Gasteiger partial charge in [0.25, 0.3) is 0 Å². The predicted octanol–water partition coefficient (Wildman–Crippen LogP) is 3.79. The molecule has 0 unspecified atom stereocenters. The fourth-order valence-electron chi connectivity index (χ4n) is 3.07. The zero-order chi connectivity index (χ0) is 16.5. The number of hydrogen-bond donors (Lipinski definition) is 1. The Morgan fingerprint density at radius 1 is 0.917 bits per heavy atom. The molecular weight excluding hydrogens is 304 g/mol. The van der Waals surface area contributed by atoms with Gasteiger partial charge in [-0.2, -0.15) is 0 Å². The quantitative estimate of drug-likeness (QED) is 0.269. The smallest absolute Gasteiger partial charge is 0.323 e. The van der Waals surface area contributed by atoms with Gasteiger partial charge in [-0.15, -0.1) is 0 Å². The number of carbonyl (C=O) groups is 2. The number of hydrogen-bond acceptors (Lipinski definition) is 4. The van der Waals surface area contributed by atoms with Crippen LogP contribution in [0.2, 0.25) is 0 Å². The maximum absolute atomic E-state index is 11.5. The highest BCUT2D eigenvalue weighted by atomic mass is 16.7. The molecule has 0 bridgehead atoms. The zero-order valence-corrected chi connectivity index (χ0v) is 12.5. The minimum Gasteiger partial charge on any atom is -0.354 e. The van der Waals surface area contributed by atoms with Gasteiger partial charge < -0.3 is 9.82 Å². The van der Waals surface area contributed by atoms with Gasteiger partial charge in [0.05, 0.1) is 11.7 Å². The molecule has 116 valence electrons. The lowest BCUT2D eigenvalue weighted by Crippen LogP contribution is -1.85. The summed E-state index contributed by atoms with van der Waals surface area (Å²) in [6, 6.07) is 15.5. The van der Waals surface area contributed by atoms with Gasteiger partial charge >= 0.3 is 6.47 Å². The summed E-state index contributed by atoms with van der Waals surface area (Å²) in [5, 5.41) is 7.44. The number of fused-ring (bicyclic) bond motifs is 5. The van der Waals surface area contributed by atoms with Crippen molar-refractivity contribution < 1.29 is 14.4 Å². The number of nitrogens with zero attached hydrogens (tertiary/aromatic N) is 1. The molecule has 0 radical (unpaired) electrons. The number of aromatic amines is 1. The lowest BCUT2D eigenvalue weighted by atomic mass is 10.0. The fraction of sp³-hybridized carbons (Fsp3) is 0. The second-order valence-electron chi connectivity index (χ2n) is 5.42. The number of benzene rings is 3. The summed E-state index contributed by atoms with van der Waals surface area (Å²) in [7, 11) is 0. The molecule has 0 saturated heterocycles. The van der Waals surface area contributed by atoms with E-state index in [-0.39, 0.29) is 6.47 Å². The number of H-pyrrole nitrogens is 1.